The molecule has 0 saturated heterocycles. The summed E-state index contributed by atoms with van der Waals surface area (Å²) in [4.78, 5) is 23.9. The normalized spacial score (nSPS) is 11.5. The number of nitrogens with zero attached hydrogens (tertiary/aromatic N) is 3. The van der Waals surface area contributed by atoms with Gasteiger partial charge >= 0.3 is 0 Å². The van der Waals surface area contributed by atoms with Gasteiger partial charge in [-0.2, -0.15) is 0 Å². The summed E-state index contributed by atoms with van der Waals surface area (Å²) in [7, 11) is -1.75. The molecule has 0 aliphatic carbocycles. The molecule has 0 fully saturated rings. The van der Waals surface area contributed by atoms with Gasteiger partial charge in [0.25, 0.3) is 0 Å². The Bertz CT molecular complexity index is 1410. The first kappa shape index (κ1) is 23.2. The number of pyridine rings is 1. The van der Waals surface area contributed by atoms with Crippen molar-refractivity contribution in [1.29, 1.82) is 0 Å². The minimum Gasteiger partial charge on any atom is -0.494 e. The van der Waals surface area contributed by atoms with Gasteiger partial charge in [0.1, 0.15) is 11.3 Å². The van der Waals surface area contributed by atoms with Crippen LogP contribution in [-0.2, 0) is 27.6 Å². The molecule has 0 atom stereocenters. The molecule has 2 aromatic heterocycles. The van der Waals surface area contributed by atoms with E-state index in [0.29, 0.717) is 33.5 Å². The number of carbonyl (C=O) groups excluding carboxylic acids is 1. The summed E-state index contributed by atoms with van der Waals surface area (Å²) < 4.78 is 29.6. The van der Waals surface area contributed by atoms with Crippen molar-refractivity contribution in [2.24, 2.45) is 0 Å². The molecule has 170 valence electrons. The first-order valence-electron chi connectivity index (χ1n) is 9.87. The number of methoxy groups -OCH3 is 1. The molecule has 0 N–H and O–H groups in total. The van der Waals surface area contributed by atoms with Gasteiger partial charge in [-0.1, -0.05) is 35.1 Å². The second-order valence-corrected chi connectivity index (χ2v) is 10.8. The van der Waals surface area contributed by atoms with Crippen LogP contribution < -0.4 is 9.64 Å². The lowest BCUT2D eigenvalue weighted by Gasteiger charge is -2.20. The monoisotopic (exact) mass is 501 g/mol. The predicted molar refractivity (Wildman–Crippen MR) is 130 cm³/mol. The van der Waals surface area contributed by atoms with Crippen LogP contribution in [0.25, 0.3) is 10.2 Å². The Morgan fingerprint density at radius 1 is 1.06 bits per heavy atom. The van der Waals surface area contributed by atoms with Gasteiger partial charge in [0.2, 0.25) is 5.91 Å². The van der Waals surface area contributed by atoms with Crippen molar-refractivity contribution in [3.05, 3.63) is 77.1 Å². The molecule has 4 aromatic rings. The lowest BCUT2D eigenvalue weighted by molar-refractivity contribution is -0.118. The number of halogens is 1. The second-order valence-electron chi connectivity index (χ2n) is 7.35. The maximum atomic E-state index is 13.4. The molecule has 0 saturated carbocycles. The largest absolute Gasteiger partial charge is 0.494 e. The Hall–Kier alpha value is -3.01. The van der Waals surface area contributed by atoms with Gasteiger partial charge in [-0.25, -0.2) is 13.4 Å². The van der Waals surface area contributed by atoms with Gasteiger partial charge in [0.15, 0.2) is 15.0 Å². The molecule has 2 heterocycles. The highest BCUT2D eigenvalue weighted by Gasteiger charge is 2.23. The number of anilines is 1. The number of rotatable bonds is 7. The van der Waals surface area contributed by atoms with E-state index >= 15 is 0 Å². The van der Waals surface area contributed by atoms with E-state index in [1.54, 1.807) is 48.7 Å². The molecular weight excluding hydrogens is 482 g/mol. The maximum Gasteiger partial charge on any atom is 0.233 e. The average molecular weight is 502 g/mol. The summed E-state index contributed by atoms with van der Waals surface area (Å²) in [6, 6.07) is 13.5. The Kier molecular flexibility index (Phi) is 6.64. The molecule has 2 aromatic carbocycles. The summed E-state index contributed by atoms with van der Waals surface area (Å²) >= 11 is 7.69. The van der Waals surface area contributed by atoms with Gasteiger partial charge in [-0.3, -0.25) is 14.7 Å². The van der Waals surface area contributed by atoms with E-state index in [9.17, 15) is 13.2 Å². The number of benzene rings is 2. The van der Waals surface area contributed by atoms with Crippen LogP contribution in [-0.4, -0.2) is 37.7 Å². The number of sulfone groups is 1. The van der Waals surface area contributed by atoms with Crippen LogP contribution in [0.15, 0.2) is 65.8 Å². The van der Waals surface area contributed by atoms with Crippen LogP contribution in [0.4, 0.5) is 5.13 Å². The fraction of sp³-hybridized carbons (Fsp3) is 0.174. The van der Waals surface area contributed by atoms with E-state index in [0.717, 1.165) is 16.5 Å². The first-order chi connectivity index (χ1) is 15.8. The Morgan fingerprint density at radius 3 is 2.39 bits per heavy atom. The summed E-state index contributed by atoms with van der Waals surface area (Å²) in [6.07, 6.45) is 4.56. The van der Waals surface area contributed by atoms with Crippen molar-refractivity contribution in [3.63, 3.8) is 0 Å². The molecule has 0 aliphatic heterocycles. The fourth-order valence-electron chi connectivity index (χ4n) is 3.28. The lowest BCUT2D eigenvalue weighted by atomic mass is 10.1. The first-order valence-corrected chi connectivity index (χ1v) is 13.0. The van der Waals surface area contributed by atoms with Crippen molar-refractivity contribution in [2.75, 3.05) is 18.3 Å². The van der Waals surface area contributed by atoms with Gasteiger partial charge < -0.3 is 4.74 Å². The Balaban J connectivity index is 1.70. The Morgan fingerprint density at radius 2 is 1.76 bits per heavy atom. The number of ether oxygens (including phenoxy) is 1. The van der Waals surface area contributed by atoms with E-state index in [1.807, 2.05) is 12.1 Å². The number of fused-ring (bicyclic) bond motifs is 1. The van der Waals surface area contributed by atoms with Crippen molar-refractivity contribution in [1.82, 2.24) is 9.97 Å². The SMILES string of the molecule is COc1ccc(Cl)c2sc(N(Cc3ccncc3)C(=O)Cc3ccc(S(C)(=O)=O)cc3)nc12. The standard InChI is InChI=1S/C23H20ClN3O4S2/c1-31-19-8-7-18(24)22-21(19)26-23(32-22)27(14-16-9-11-25-12-10-16)20(28)13-15-3-5-17(6-4-15)33(2,29)30/h3-12H,13-14H2,1-2H3. The number of carbonyl (C=O) groups is 1. The third kappa shape index (κ3) is 5.16. The van der Waals surface area contributed by atoms with Crippen LogP contribution in [0, 0.1) is 0 Å². The van der Waals surface area contributed by atoms with E-state index < -0.39 is 9.84 Å². The Labute approximate surface area is 200 Å². The van der Waals surface area contributed by atoms with Gasteiger partial charge in [-0.05, 0) is 47.5 Å². The highest BCUT2D eigenvalue weighted by atomic mass is 35.5. The third-order valence-corrected chi connectivity index (χ3v) is 7.66. The minimum atomic E-state index is -3.31. The van der Waals surface area contributed by atoms with Gasteiger partial charge in [-0.15, -0.1) is 0 Å². The summed E-state index contributed by atoms with van der Waals surface area (Å²) in [5.74, 6) is 0.387. The van der Waals surface area contributed by atoms with Gasteiger partial charge in [0, 0.05) is 18.6 Å². The van der Waals surface area contributed by atoms with E-state index in [1.165, 1.54) is 23.5 Å². The number of amides is 1. The lowest BCUT2D eigenvalue weighted by Crippen LogP contribution is -2.31. The van der Waals surface area contributed by atoms with Gasteiger partial charge in [0.05, 0.1) is 34.7 Å². The van der Waals surface area contributed by atoms with Crippen molar-refractivity contribution in [2.45, 2.75) is 17.9 Å². The molecule has 0 radical (unpaired) electrons. The zero-order chi connectivity index (χ0) is 23.6. The van der Waals surface area contributed by atoms with Crippen LogP contribution in [0.1, 0.15) is 11.1 Å². The molecule has 7 nitrogen and oxygen atoms in total. The van der Waals surface area contributed by atoms with Crippen molar-refractivity contribution >= 4 is 54.0 Å². The average Bonchev–Trinajstić information content (AvgIpc) is 3.24. The van der Waals surface area contributed by atoms with E-state index in [-0.39, 0.29) is 17.2 Å². The second kappa shape index (κ2) is 9.46. The summed E-state index contributed by atoms with van der Waals surface area (Å²) in [6.45, 7) is 0.294. The molecule has 0 spiro atoms. The molecule has 4 rings (SSSR count). The van der Waals surface area contributed by atoms with Crippen LogP contribution in [0.3, 0.4) is 0 Å². The number of hydrogen-bond acceptors (Lipinski definition) is 7. The quantitative estimate of drug-likeness (QED) is 0.369. The highest BCUT2D eigenvalue weighted by Crippen LogP contribution is 2.39. The summed E-state index contributed by atoms with van der Waals surface area (Å²) in [5.41, 5.74) is 2.18. The molecular formula is C23H20ClN3O4S2. The van der Waals surface area contributed by atoms with Crippen molar-refractivity contribution < 1.29 is 17.9 Å². The smallest absolute Gasteiger partial charge is 0.233 e. The predicted octanol–water partition coefficient (Wildman–Crippen LogP) is 4.53. The van der Waals surface area contributed by atoms with Crippen LogP contribution >= 0.6 is 22.9 Å². The van der Waals surface area contributed by atoms with E-state index in [4.69, 9.17) is 16.3 Å². The molecule has 0 bridgehead atoms. The van der Waals surface area contributed by atoms with Crippen molar-refractivity contribution in [3.8, 4) is 5.75 Å². The van der Waals surface area contributed by atoms with E-state index in [2.05, 4.69) is 9.97 Å². The highest BCUT2D eigenvalue weighted by molar-refractivity contribution is 7.90. The van der Waals surface area contributed by atoms with Crippen LogP contribution in [0.2, 0.25) is 5.02 Å². The molecule has 33 heavy (non-hydrogen) atoms. The number of thiazole rings is 1. The zero-order valence-corrected chi connectivity index (χ0v) is 20.2. The number of aromatic nitrogens is 2. The third-order valence-electron chi connectivity index (χ3n) is 5.00. The molecule has 0 unspecified atom stereocenters. The fourth-order valence-corrected chi connectivity index (χ4v) is 5.18. The zero-order valence-electron chi connectivity index (χ0n) is 17.9. The molecule has 1 amide bonds. The molecule has 10 heteroatoms. The minimum absolute atomic E-state index is 0.0793. The maximum absolute atomic E-state index is 13.4. The topological polar surface area (TPSA) is 89.5 Å². The van der Waals surface area contributed by atoms with Crippen LogP contribution in [0.5, 0.6) is 5.75 Å². The number of hydrogen-bond donors (Lipinski definition) is 0. The molecule has 0 aliphatic rings. The summed E-state index contributed by atoms with van der Waals surface area (Å²) in [5, 5.41) is 1.02.